The van der Waals surface area contributed by atoms with Gasteiger partial charge in [-0.25, -0.2) is 0 Å². The largest absolute Gasteiger partial charge is 0.310 e. The van der Waals surface area contributed by atoms with Crippen LogP contribution in [0.5, 0.6) is 0 Å². The van der Waals surface area contributed by atoms with Gasteiger partial charge in [-0.05, 0) is 117 Å². The van der Waals surface area contributed by atoms with Crippen LogP contribution in [-0.2, 0) is 10.8 Å². The van der Waals surface area contributed by atoms with Crippen LogP contribution < -0.4 is 9.80 Å². The van der Waals surface area contributed by atoms with E-state index in [1.54, 1.807) is 0 Å². The van der Waals surface area contributed by atoms with E-state index < -0.39 is 0 Å². The first-order valence-electron chi connectivity index (χ1n) is 20.6. The number of hydrogen-bond acceptors (Lipinski definition) is 3. The summed E-state index contributed by atoms with van der Waals surface area (Å²) in [5.41, 5.74) is 18.5. The summed E-state index contributed by atoms with van der Waals surface area (Å²) in [5, 5.41) is 1.31. The highest BCUT2D eigenvalue weighted by Gasteiger charge is 2.40. The van der Waals surface area contributed by atoms with Crippen molar-refractivity contribution >= 4 is 55.5 Å². The van der Waals surface area contributed by atoms with Crippen LogP contribution in [0.1, 0.15) is 49.3 Å². The Morgan fingerprint density at radius 1 is 0.424 bits per heavy atom. The van der Waals surface area contributed by atoms with E-state index in [1.165, 1.54) is 82.1 Å². The molecule has 1 aliphatic heterocycles. The van der Waals surface area contributed by atoms with Crippen LogP contribution >= 0.6 is 11.3 Å². The highest BCUT2D eigenvalue weighted by molar-refractivity contribution is 7.20. The molecule has 0 unspecified atom stereocenters. The zero-order chi connectivity index (χ0) is 39.9. The zero-order valence-electron chi connectivity index (χ0n) is 33.8. The normalized spacial score (nSPS) is 14.3. The fourth-order valence-corrected chi connectivity index (χ4v) is 11.0. The number of hydrogen-bond donors (Lipinski definition) is 0. The van der Waals surface area contributed by atoms with Crippen molar-refractivity contribution in [1.82, 2.24) is 0 Å². The van der Waals surface area contributed by atoms with Gasteiger partial charge in [0.15, 0.2) is 0 Å². The van der Waals surface area contributed by atoms with Gasteiger partial charge in [-0.2, -0.15) is 0 Å². The SMILES string of the molecule is CC1(C)c2ccccc2-c2ccc(N(c3ccc(-c4ccccc4)cc3)c3ccc(-c4ccc5c(c4)C(C)(C)c4sc6ccccc6c4N5c4ccccc4)cc3)cc21. The average Bonchev–Trinajstić information content (AvgIpc) is 3.78. The first-order valence-corrected chi connectivity index (χ1v) is 21.4. The first-order chi connectivity index (χ1) is 28.8. The molecule has 284 valence electrons. The predicted octanol–water partition coefficient (Wildman–Crippen LogP) is 16.1. The van der Waals surface area contributed by atoms with E-state index in [-0.39, 0.29) is 10.8 Å². The van der Waals surface area contributed by atoms with Gasteiger partial charge in [-0.1, -0.05) is 155 Å². The molecule has 8 aromatic carbocycles. The minimum Gasteiger partial charge on any atom is -0.310 e. The molecule has 11 rings (SSSR count). The summed E-state index contributed by atoms with van der Waals surface area (Å²) in [6.07, 6.45) is 0. The number of anilines is 6. The number of thiophene rings is 1. The lowest BCUT2D eigenvalue weighted by Gasteiger charge is -2.40. The Hall–Kier alpha value is -6.68. The maximum absolute atomic E-state index is 2.49. The third-order valence-electron chi connectivity index (χ3n) is 12.8. The van der Waals surface area contributed by atoms with E-state index in [2.05, 4.69) is 232 Å². The van der Waals surface area contributed by atoms with Gasteiger partial charge >= 0.3 is 0 Å². The van der Waals surface area contributed by atoms with Crippen LogP contribution in [0.15, 0.2) is 194 Å². The van der Waals surface area contributed by atoms with Gasteiger partial charge in [-0.3, -0.25) is 0 Å². The number of nitrogens with zero attached hydrogens (tertiary/aromatic N) is 2. The molecule has 0 bridgehead atoms. The van der Waals surface area contributed by atoms with Crippen LogP contribution in [0.25, 0.3) is 43.5 Å². The molecule has 0 saturated heterocycles. The van der Waals surface area contributed by atoms with Crippen LogP contribution in [0.4, 0.5) is 34.1 Å². The molecule has 3 heteroatoms. The summed E-state index contributed by atoms with van der Waals surface area (Å²) in [5.74, 6) is 0. The quantitative estimate of drug-likeness (QED) is 0.166. The first kappa shape index (κ1) is 35.5. The van der Waals surface area contributed by atoms with Gasteiger partial charge in [0.2, 0.25) is 0 Å². The van der Waals surface area contributed by atoms with Crippen LogP contribution in [0, 0.1) is 0 Å². The predicted molar refractivity (Wildman–Crippen MR) is 252 cm³/mol. The van der Waals surface area contributed by atoms with Crippen LogP contribution in [0.3, 0.4) is 0 Å². The average molecular weight is 777 g/mol. The smallest absolute Gasteiger partial charge is 0.0688 e. The van der Waals surface area contributed by atoms with Gasteiger partial charge in [0, 0.05) is 48.5 Å². The highest BCUT2D eigenvalue weighted by Crippen LogP contribution is 2.58. The highest BCUT2D eigenvalue weighted by atomic mass is 32.1. The number of para-hydroxylation sites is 1. The standard InChI is InChI=1S/C56H44N2S/c1-55(2)48-21-13-11-19-45(48)46-33-32-44(36-49(46)55)57(42-28-23-38(24-29-42)37-15-7-5-8-16-37)43-30-25-39(26-31-43)40-27-34-51-50(35-40)56(3,4)54-53(47-20-12-14-22-52(47)59-54)58(51)41-17-9-6-10-18-41/h5-36H,1-4H3. The monoisotopic (exact) mass is 776 g/mol. The Morgan fingerprint density at radius 2 is 0.983 bits per heavy atom. The molecular weight excluding hydrogens is 733 g/mol. The number of benzene rings is 8. The minimum absolute atomic E-state index is 0.0957. The molecule has 2 heterocycles. The Labute approximate surface area is 351 Å². The van der Waals surface area contributed by atoms with Crippen molar-refractivity contribution in [2.24, 2.45) is 0 Å². The lowest BCUT2D eigenvalue weighted by molar-refractivity contribution is 0.648. The molecule has 2 nitrogen and oxygen atoms in total. The Bertz CT molecular complexity index is 3030. The molecule has 1 aliphatic carbocycles. The second kappa shape index (κ2) is 13.4. The third-order valence-corrected chi connectivity index (χ3v) is 14.3. The van der Waals surface area contributed by atoms with Gasteiger partial charge in [0.1, 0.15) is 0 Å². The zero-order valence-corrected chi connectivity index (χ0v) is 34.6. The van der Waals surface area contributed by atoms with Crippen molar-refractivity contribution in [2.45, 2.75) is 38.5 Å². The summed E-state index contributed by atoms with van der Waals surface area (Å²) < 4.78 is 1.32. The van der Waals surface area contributed by atoms with Crippen molar-refractivity contribution in [3.8, 4) is 33.4 Å². The summed E-state index contributed by atoms with van der Waals surface area (Å²) in [6.45, 7) is 9.50. The van der Waals surface area contributed by atoms with Crippen LogP contribution in [-0.4, -0.2) is 0 Å². The number of rotatable bonds is 6. The van der Waals surface area contributed by atoms with Crippen molar-refractivity contribution in [2.75, 3.05) is 9.80 Å². The lowest BCUT2D eigenvalue weighted by atomic mass is 9.77. The maximum Gasteiger partial charge on any atom is 0.0688 e. The summed E-state index contributed by atoms with van der Waals surface area (Å²) in [6, 6.07) is 71.5. The van der Waals surface area contributed by atoms with Gasteiger partial charge < -0.3 is 9.80 Å². The molecule has 2 aliphatic rings. The van der Waals surface area contributed by atoms with E-state index in [4.69, 9.17) is 0 Å². The topological polar surface area (TPSA) is 6.48 Å². The summed E-state index contributed by atoms with van der Waals surface area (Å²) >= 11 is 1.93. The van der Waals surface area contributed by atoms with Gasteiger partial charge in [0.25, 0.3) is 0 Å². The van der Waals surface area contributed by atoms with Gasteiger partial charge in [0.05, 0.1) is 11.4 Å². The molecule has 0 N–H and O–H groups in total. The molecular formula is C56H44N2S. The van der Waals surface area contributed by atoms with Crippen molar-refractivity contribution in [3.63, 3.8) is 0 Å². The molecule has 0 atom stereocenters. The van der Waals surface area contributed by atoms with E-state index in [0.717, 1.165) is 17.1 Å². The molecule has 59 heavy (non-hydrogen) atoms. The Kier molecular flexibility index (Phi) is 8.08. The van der Waals surface area contributed by atoms with Gasteiger partial charge in [-0.15, -0.1) is 11.3 Å². The Morgan fingerprint density at radius 3 is 1.71 bits per heavy atom. The minimum atomic E-state index is -0.181. The maximum atomic E-state index is 2.49. The van der Waals surface area contributed by atoms with Crippen molar-refractivity contribution < 1.29 is 0 Å². The molecule has 9 aromatic rings. The fourth-order valence-electron chi connectivity index (χ4n) is 9.69. The third kappa shape index (κ3) is 5.60. The fraction of sp³-hybridized carbons (Fsp3) is 0.107. The van der Waals surface area contributed by atoms with E-state index in [0.29, 0.717) is 0 Å². The Balaban J connectivity index is 1.01. The van der Waals surface area contributed by atoms with Crippen molar-refractivity contribution in [1.29, 1.82) is 0 Å². The molecule has 0 amide bonds. The van der Waals surface area contributed by atoms with E-state index >= 15 is 0 Å². The molecule has 0 radical (unpaired) electrons. The second-order valence-corrected chi connectivity index (χ2v) is 18.1. The van der Waals surface area contributed by atoms with E-state index in [9.17, 15) is 0 Å². The number of fused-ring (bicyclic) bond motifs is 7. The molecule has 0 saturated carbocycles. The second-order valence-electron chi connectivity index (χ2n) is 17.0. The summed E-state index contributed by atoms with van der Waals surface area (Å²) in [4.78, 5) is 6.30. The molecule has 1 aromatic heterocycles. The summed E-state index contributed by atoms with van der Waals surface area (Å²) in [7, 11) is 0. The lowest BCUT2D eigenvalue weighted by Crippen LogP contribution is -2.29. The molecule has 0 fully saturated rings. The van der Waals surface area contributed by atoms with Crippen LogP contribution in [0.2, 0.25) is 0 Å². The van der Waals surface area contributed by atoms with Crippen molar-refractivity contribution in [3.05, 3.63) is 216 Å². The molecule has 0 spiro atoms. The van der Waals surface area contributed by atoms with E-state index in [1.807, 2.05) is 11.3 Å².